The van der Waals surface area contributed by atoms with Gasteiger partial charge in [-0.2, -0.15) is 0 Å². The number of nitrogens with zero attached hydrogens (tertiary/aromatic N) is 1. The smallest absolute Gasteiger partial charge is 0.267 e. The van der Waals surface area contributed by atoms with Gasteiger partial charge in [0.25, 0.3) is 5.91 Å². The molecule has 0 spiro atoms. The molecule has 0 aliphatic rings. The Labute approximate surface area is 143 Å². The summed E-state index contributed by atoms with van der Waals surface area (Å²) >= 11 is 9.60. The van der Waals surface area contributed by atoms with E-state index in [4.69, 9.17) is 17.3 Å². The first-order valence-electron chi connectivity index (χ1n) is 5.94. The van der Waals surface area contributed by atoms with E-state index in [2.05, 4.69) is 32.9 Å². The Morgan fingerprint density at radius 1 is 1.38 bits per heavy atom. The normalized spacial score (nSPS) is 10.8. The standard InChI is InChI=1S/C14H9ClIN3OS/c15-9-5-7(16)1-2-10(9)19-14(20)13-12(17)8-3-4-18-6-11(8)21-13/h1-6H,17H2,(H,19,20). The number of hydrogen-bond acceptors (Lipinski definition) is 4. The summed E-state index contributed by atoms with van der Waals surface area (Å²) in [6, 6.07) is 7.24. The first-order chi connectivity index (χ1) is 10.1. The maximum atomic E-state index is 12.4. The predicted octanol–water partition coefficient (Wildman–Crippen LogP) is 4.39. The van der Waals surface area contributed by atoms with Crippen LogP contribution in [0, 0.1) is 3.57 Å². The Hall–Kier alpha value is -1.38. The van der Waals surface area contributed by atoms with Crippen LogP contribution in [-0.2, 0) is 0 Å². The largest absolute Gasteiger partial charge is 0.397 e. The highest BCUT2D eigenvalue weighted by Gasteiger charge is 2.17. The summed E-state index contributed by atoms with van der Waals surface area (Å²) in [6.45, 7) is 0. The van der Waals surface area contributed by atoms with Crippen LogP contribution in [0.2, 0.25) is 5.02 Å². The first kappa shape index (κ1) is 14.6. The molecule has 0 saturated carbocycles. The van der Waals surface area contributed by atoms with Crippen LogP contribution in [0.15, 0.2) is 36.7 Å². The second-order valence-corrected chi connectivity index (χ2v) is 7.00. The zero-order chi connectivity index (χ0) is 15.0. The van der Waals surface area contributed by atoms with Crippen LogP contribution < -0.4 is 11.1 Å². The summed E-state index contributed by atoms with van der Waals surface area (Å²) in [6.07, 6.45) is 3.36. The molecular formula is C14H9ClIN3OS. The van der Waals surface area contributed by atoms with E-state index in [0.29, 0.717) is 21.3 Å². The summed E-state index contributed by atoms with van der Waals surface area (Å²) < 4.78 is 1.89. The van der Waals surface area contributed by atoms with E-state index in [1.54, 1.807) is 30.6 Å². The van der Waals surface area contributed by atoms with Gasteiger partial charge in [0.05, 0.1) is 21.1 Å². The van der Waals surface area contributed by atoms with E-state index >= 15 is 0 Å². The molecule has 1 amide bonds. The Bertz CT molecular complexity index is 849. The molecule has 21 heavy (non-hydrogen) atoms. The highest BCUT2D eigenvalue weighted by atomic mass is 127. The Morgan fingerprint density at radius 2 is 2.19 bits per heavy atom. The molecule has 0 fully saturated rings. The number of hydrogen-bond donors (Lipinski definition) is 2. The van der Waals surface area contributed by atoms with Crippen LogP contribution in [0.4, 0.5) is 11.4 Å². The lowest BCUT2D eigenvalue weighted by molar-refractivity contribution is 0.103. The quantitative estimate of drug-likeness (QED) is 0.594. The molecule has 0 aliphatic carbocycles. The number of nitrogen functional groups attached to an aromatic ring is 1. The van der Waals surface area contributed by atoms with Gasteiger partial charge in [-0.1, -0.05) is 11.6 Å². The number of thiophene rings is 1. The zero-order valence-corrected chi connectivity index (χ0v) is 14.3. The molecule has 7 heteroatoms. The van der Waals surface area contributed by atoms with Crippen molar-refractivity contribution in [1.82, 2.24) is 4.98 Å². The number of pyridine rings is 1. The summed E-state index contributed by atoms with van der Waals surface area (Å²) in [7, 11) is 0. The van der Waals surface area contributed by atoms with Crippen molar-refractivity contribution in [1.29, 1.82) is 0 Å². The van der Waals surface area contributed by atoms with Crippen LogP contribution in [0.5, 0.6) is 0 Å². The van der Waals surface area contributed by atoms with Crippen LogP contribution in [0.1, 0.15) is 9.67 Å². The number of anilines is 2. The van der Waals surface area contributed by atoms with Crippen molar-refractivity contribution < 1.29 is 4.79 Å². The molecule has 0 bridgehead atoms. The van der Waals surface area contributed by atoms with Gasteiger partial charge in [0.15, 0.2) is 0 Å². The molecule has 3 rings (SSSR count). The van der Waals surface area contributed by atoms with Crippen LogP contribution >= 0.6 is 45.5 Å². The van der Waals surface area contributed by atoms with Crippen molar-refractivity contribution >= 4 is 72.9 Å². The number of amides is 1. The van der Waals surface area contributed by atoms with E-state index < -0.39 is 0 Å². The minimum atomic E-state index is -0.267. The van der Waals surface area contributed by atoms with Gasteiger partial charge in [0.1, 0.15) is 4.88 Å². The summed E-state index contributed by atoms with van der Waals surface area (Å²) in [5.41, 5.74) is 7.08. The Morgan fingerprint density at radius 3 is 2.90 bits per heavy atom. The van der Waals surface area contributed by atoms with Gasteiger partial charge in [-0.05, 0) is 46.9 Å². The monoisotopic (exact) mass is 429 g/mol. The lowest BCUT2D eigenvalue weighted by Crippen LogP contribution is -2.12. The first-order valence-corrected chi connectivity index (χ1v) is 8.22. The lowest BCUT2D eigenvalue weighted by Gasteiger charge is -2.07. The number of rotatable bonds is 2. The van der Waals surface area contributed by atoms with Crippen LogP contribution in [0.25, 0.3) is 10.1 Å². The maximum absolute atomic E-state index is 12.4. The molecule has 0 unspecified atom stereocenters. The van der Waals surface area contributed by atoms with Gasteiger partial charge in [0.2, 0.25) is 0 Å². The van der Waals surface area contributed by atoms with E-state index in [1.807, 2.05) is 6.07 Å². The third-order valence-electron chi connectivity index (χ3n) is 2.92. The highest BCUT2D eigenvalue weighted by molar-refractivity contribution is 14.1. The summed E-state index contributed by atoms with van der Waals surface area (Å²) in [5.74, 6) is -0.267. The number of fused-ring (bicyclic) bond motifs is 1. The number of carbonyl (C=O) groups excluding carboxylic acids is 1. The minimum Gasteiger partial charge on any atom is -0.397 e. The number of halogens is 2. The van der Waals surface area contributed by atoms with Crippen LogP contribution in [0.3, 0.4) is 0 Å². The van der Waals surface area contributed by atoms with Gasteiger partial charge in [-0.25, -0.2) is 0 Å². The number of aromatic nitrogens is 1. The molecule has 2 aromatic heterocycles. The maximum Gasteiger partial charge on any atom is 0.267 e. The van der Waals surface area contributed by atoms with Crippen molar-refractivity contribution in [3.8, 4) is 0 Å². The molecular weight excluding hydrogens is 421 g/mol. The van der Waals surface area contributed by atoms with Gasteiger partial charge in [0, 0.05) is 21.4 Å². The summed E-state index contributed by atoms with van der Waals surface area (Å²) in [5, 5.41) is 4.13. The molecule has 3 N–H and O–H groups in total. The number of benzene rings is 1. The van der Waals surface area contributed by atoms with E-state index in [1.165, 1.54) is 11.3 Å². The SMILES string of the molecule is Nc1c(C(=O)Nc2ccc(I)cc2Cl)sc2cnccc12. The second-order valence-electron chi connectivity index (χ2n) is 4.29. The number of nitrogens with one attached hydrogen (secondary N) is 1. The number of nitrogens with two attached hydrogens (primary N) is 1. The molecule has 0 aliphatic heterocycles. The lowest BCUT2D eigenvalue weighted by atomic mass is 10.2. The van der Waals surface area contributed by atoms with Gasteiger partial charge in [-0.15, -0.1) is 11.3 Å². The average molecular weight is 430 g/mol. The van der Waals surface area contributed by atoms with Gasteiger partial charge in [-0.3, -0.25) is 9.78 Å². The topological polar surface area (TPSA) is 68.0 Å². The van der Waals surface area contributed by atoms with Crippen molar-refractivity contribution in [2.45, 2.75) is 0 Å². The third kappa shape index (κ3) is 2.83. The summed E-state index contributed by atoms with van der Waals surface area (Å²) in [4.78, 5) is 16.9. The second kappa shape index (κ2) is 5.78. The minimum absolute atomic E-state index is 0.267. The molecule has 106 valence electrons. The van der Waals surface area contributed by atoms with Crippen molar-refractivity contribution in [2.24, 2.45) is 0 Å². The van der Waals surface area contributed by atoms with Crippen LogP contribution in [-0.4, -0.2) is 10.9 Å². The van der Waals surface area contributed by atoms with Gasteiger partial charge >= 0.3 is 0 Å². The van der Waals surface area contributed by atoms with Crippen molar-refractivity contribution in [3.63, 3.8) is 0 Å². The van der Waals surface area contributed by atoms with Crippen molar-refractivity contribution in [2.75, 3.05) is 11.1 Å². The molecule has 3 aromatic rings. The Balaban J connectivity index is 1.95. The molecule has 0 atom stereocenters. The fourth-order valence-electron chi connectivity index (χ4n) is 1.91. The highest BCUT2D eigenvalue weighted by Crippen LogP contribution is 2.34. The Kier molecular flexibility index (Phi) is 4.01. The van der Waals surface area contributed by atoms with E-state index in [0.717, 1.165) is 13.7 Å². The van der Waals surface area contributed by atoms with Gasteiger partial charge < -0.3 is 11.1 Å². The molecule has 0 saturated heterocycles. The predicted molar refractivity (Wildman–Crippen MR) is 96.2 cm³/mol. The fraction of sp³-hybridized carbons (Fsp3) is 0. The zero-order valence-electron chi connectivity index (χ0n) is 10.6. The molecule has 0 radical (unpaired) electrons. The average Bonchev–Trinajstić information content (AvgIpc) is 2.80. The fourth-order valence-corrected chi connectivity index (χ4v) is 3.80. The van der Waals surface area contributed by atoms with Crippen molar-refractivity contribution in [3.05, 3.63) is 50.1 Å². The third-order valence-corrected chi connectivity index (χ3v) is 5.06. The van der Waals surface area contributed by atoms with E-state index in [-0.39, 0.29) is 5.91 Å². The molecule has 1 aromatic carbocycles. The van der Waals surface area contributed by atoms with E-state index in [9.17, 15) is 4.79 Å². The molecule has 4 nitrogen and oxygen atoms in total. The molecule has 2 heterocycles. The number of carbonyl (C=O) groups is 1.